The molecule has 0 radical (unpaired) electrons. The Bertz CT molecular complexity index is 1130. The Kier molecular flexibility index (Phi) is 5.11. The van der Waals surface area contributed by atoms with Gasteiger partial charge in [0.1, 0.15) is 11.6 Å². The number of benzene rings is 1. The number of anilines is 2. The average Bonchev–Trinajstić information content (AvgIpc) is 3.35. The minimum Gasteiger partial charge on any atom is -0.320 e. The van der Waals surface area contributed by atoms with Gasteiger partial charge in [-0.05, 0) is 50.5 Å². The van der Waals surface area contributed by atoms with Crippen molar-refractivity contribution in [2.45, 2.75) is 39.7 Å². The molecular weight excluding hydrogens is 387 g/mol. The van der Waals surface area contributed by atoms with Crippen molar-refractivity contribution in [3.63, 3.8) is 0 Å². The third-order valence-electron chi connectivity index (χ3n) is 5.25. The van der Waals surface area contributed by atoms with E-state index in [2.05, 4.69) is 20.8 Å². The van der Waals surface area contributed by atoms with Crippen LogP contribution >= 0.6 is 0 Å². The van der Waals surface area contributed by atoms with Gasteiger partial charge in [0.15, 0.2) is 5.69 Å². The summed E-state index contributed by atoms with van der Waals surface area (Å²) in [5, 5.41) is 14.0. The van der Waals surface area contributed by atoms with Crippen molar-refractivity contribution in [1.82, 2.24) is 19.6 Å². The summed E-state index contributed by atoms with van der Waals surface area (Å²) in [7, 11) is 1.74. The molecule has 4 rings (SSSR count). The van der Waals surface area contributed by atoms with Crippen LogP contribution in [0.1, 0.15) is 51.1 Å². The van der Waals surface area contributed by atoms with Crippen LogP contribution in [0.5, 0.6) is 0 Å². The lowest BCUT2D eigenvalue weighted by molar-refractivity contribution is 0.101. The maximum atomic E-state index is 14.2. The molecule has 2 N–H and O–H groups in total. The zero-order chi connectivity index (χ0) is 21.4. The highest BCUT2D eigenvalue weighted by Gasteiger charge is 2.20. The molecule has 1 aliphatic heterocycles. The molecule has 0 bridgehead atoms. The van der Waals surface area contributed by atoms with Gasteiger partial charge in [0.05, 0.1) is 5.69 Å². The number of aryl methyl sites for hydroxylation is 4. The van der Waals surface area contributed by atoms with Gasteiger partial charge in [0, 0.05) is 36.1 Å². The molecule has 1 aliphatic rings. The normalized spacial score (nSPS) is 12.7. The number of hydrogen-bond acceptors (Lipinski definition) is 4. The highest BCUT2D eigenvalue weighted by atomic mass is 19.1. The van der Waals surface area contributed by atoms with E-state index in [0.29, 0.717) is 12.2 Å². The van der Waals surface area contributed by atoms with Crippen LogP contribution in [0, 0.1) is 12.7 Å². The molecule has 0 atom stereocenters. The smallest absolute Gasteiger partial charge is 0.276 e. The molecule has 0 aliphatic carbocycles. The number of carbonyl (C=O) groups excluding carboxylic acids is 2. The number of carbonyl (C=O) groups is 2. The predicted molar refractivity (Wildman–Crippen MR) is 110 cm³/mol. The molecule has 0 unspecified atom stereocenters. The van der Waals surface area contributed by atoms with Gasteiger partial charge in [-0.2, -0.15) is 10.2 Å². The second kappa shape index (κ2) is 7.74. The van der Waals surface area contributed by atoms with Crippen molar-refractivity contribution in [3.8, 4) is 0 Å². The topological polar surface area (TPSA) is 93.8 Å². The molecule has 2 amide bonds. The third kappa shape index (κ3) is 3.70. The Morgan fingerprint density at radius 3 is 2.67 bits per heavy atom. The lowest BCUT2D eigenvalue weighted by atomic mass is 10.1. The number of rotatable bonds is 5. The standard InChI is InChI=1S/C21H23FN6O2/c1-4-17-12(2)25-27(3)19(17)24-20(29)13-8-14(22)10-15(9-13)23-21(30)18-11-16-6-5-7-28(16)26-18/h8-11H,4-7H2,1-3H3,(H,23,30)(H,24,29). The van der Waals surface area contributed by atoms with Gasteiger partial charge in [-0.3, -0.25) is 19.0 Å². The summed E-state index contributed by atoms with van der Waals surface area (Å²) in [5.74, 6) is -0.974. The molecule has 3 aromatic rings. The number of aromatic nitrogens is 4. The van der Waals surface area contributed by atoms with Crippen molar-refractivity contribution in [2.75, 3.05) is 10.6 Å². The summed E-state index contributed by atoms with van der Waals surface area (Å²) in [6.07, 6.45) is 2.61. The van der Waals surface area contributed by atoms with Crippen LogP contribution in [0.15, 0.2) is 24.3 Å². The fourth-order valence-corrected chi connectivity index (χ4v) is 3.82. The van der Waals surface area contributed by atoms with E-state index in [9.17, 15) is 14.0 Å². The van der Waals surface area contributed by atoms with Crippen molar-refractivity contribution < 1.29 is 14.0 Å². The fraction of sp³-hybridized carbons (Fsp3) is 0.333. The highest BCUT2D eigenvalue weighted by molar-refractivity contribution is 6.07. The Labute approximate surface area is 173 Å². The van der Waals surface area contributed by atoms with Gasteiger partial charge >= 0.3 is 0 Å². The molecule has 3 heterocycles. The van der Waals surface area contributed by atoms with E-state index in [-0.39, 0.29) is 16.9 Å². The zero-order valence-electron chi connectivity index (χ0n) is 17.1. The van der Waals surface area contributed by atoms with Gasteiger partial charge in [0.25, 0.3) is 11.8 Å². The first-order valence-electron chi connectivity index (χ1n) is 9.88. The first-order valence-corrected chi connectivity index (χ1v) is 9.88. The van der Waals surface area contributed by atoms with Gasteiger partial charge in [0.2, 0.25) is 0 Å². The summed E-state index contributed by atoms with van der Waals surface area (Å²) in [6, 6.07) is 5.48. The number of fused-ring (bicyclic) bond motifs is 1. The van der Waals surface area contributed by atoms with E-state index >= 15 is 0 Å². The number of hydrogen-bond donors (Lipinski definition) is 2. The molecule has 0 fully saturated rings. The average molecular weight is 410 g/mol. The molecule has 8 nitrogen and oxygen atoms in total. The van der Waals surface area contributed by atoms with Crippen LogP contribution in [0.3, 0.4) is 0 Å². The lowest BCUT2D eigenvalue weighted by Crippen LogP contribution is -2.17. The third-order valence-corrected chi connectivity index (χ3v) is 5.25. The van der Waals surface area contributed by atoms with Crippen molar-refractivity contribution in [2.24, 2.45) is 7.05 Å². The fourth-order valence-electron chi connectivity index (χ4n) is 3.82. The Morgan fingerprint density at radius 1 is 1.13 bits per heavy atom. The molecule has 0 saturated carbocycles. The maximum Gasteiger partial charge on any atom is 0.276 e. The molecule has 0 saturated heterocycles. The lowest BCUT2D eigenvalue weighted by Gasteiger charge is -2.10. The number of halogens is 1. The molecule has 0 spiro atoms. The van der Waals surface area contributed by atoms with Crippen LogP contribution < -0.4 is 10.6 Å². The van der Waals surface area contributed by atoms with Gasteiger partial charge < -0.3 is 10.6 Å². The van der Waals surface area contributed by atoms with Crippen LogP contribution in [-0.4, -0.2) is 31.4 Å². The van der Waals surface area contributed by atoms with Crippen LogP contribution in [0.25, 0.3) is 0 Å². The van der Waals surface area contributed by atoms with Gasteiger partial charge in [-0.15, -0.1) is 0 Å². The summed E-state index contributed by atoms with van der Waals surface area (Å²) in [6.45, 7) is 4.64. The molecular formula is C21H23FN6O2. The first kappa shape index (κ1) is 19.8. The Hall–Kier alpha value is -3.49. The van der Waals surface area contributed by atoms with Gasteiger partial charge in [-0.1, -0.05) is 6.92 Å². The number of nitrogens with zero attached hydrogens (tertiary/aromatic N) is 4. The van der Waals surface area contributed by atoms with Crippen LogP contribution in [-0.2, 0) is 26.4 Å². The minimum absolute atomic E-state index is 0.0959. The highest BCUT2D eigenvalue weighted by Crippen LogP contribution is 2.22. The second-order valence-electron chi connectivity index (χ2n) is 7.37. The van der Waals surface area contributed by atoms with E-state index in [1.807, 2.05) is 13.8 Å². The monoisotopic (exact) mass is 410 g/mol. The number of amides is 2. The van der Waals surface area contributed by atoms with E-state index in [1.54, 1.807) is 22.5 Å². The summed E-state index contributed by atoms with van der Waals surface area (Å²) in [5.41, 5.74) is 3.32. The Morgan fingerprint density at radius 2 is 1.93 bits per heavy atom. The summed E-state index contributed by atoms with van der Waals surface area (Å²) < 4.78 is 17.6. The largest absolute Gasteiger partial charge is 0.320 e. The second-order valence-corrected chi connectivity index (χ2v) is 7.37. The SMILES string of the molecule is CCc1c(C)nn(C)c1NC(=O)c1cc(F)cc(NC(=O)c2cc3n(n2)CCC3)c1. The van der Waals surface area contributed by atoms with Gasteiger partial charge in [-0.25, -0.2) is 4.39 Å². The predicted octanol–water partition coefficient (Wildman–Crippen LogP) is 3.08. The molecule has 30 heavy (non-hydrogen) atoms. The first-order chi connectivity index (χ1) is 14.4. The molecule has 156 valence electrons. The van der Waals surface area contributed by atoms with E-state index in [1.165, 1.54) is 12.1 Å². The molecule has 9 heteroatoms. The van der Waals surface area contributed by atoms with Crippen molar-refractivity contribution >= 4 is 23.3 Å². The summed E-state index contributed by atoms with van der Waals surface area (Å²) in [4.78, 5) is 25.3. The van der Waals surface area contributed by atoms with E-state index in [4.69, 9.17) is 0 Å². The maximum absolute atomic E-state index is 14.2. The minimum atomic E-state index is -0.623. The van der Waals surface area contributed by atoms with Crippen molar-refractivity contribution in [3.05, 3.63) is 58.3 Å². The quantitative estimate of drug-likeness (QED) is 0.676. The zero-order valence-corrected chi connectivity index (χ0v) is 17.1. The summed E-state index contributed by atoms with van der Waals surface area (Å²) >= 11 is 0. The Balaban J connectivity index is 1.54. The van der Waals surface area contributed by atoms with Crippen molar-refractivity contribution in [1.29, 1.82) is 0 Å². The van der Waals surface area contributed by atoms with E-state index in [0.717, 1.165) is 42.4 Å². The molecule has 2 aromatic heterocycles. The number of nitrogens with one attached hydrogen (secondary N) is 2. The molecule has 1 aromatic carbocycles. The van der Waals surface area contributed by atoms with Crippen LogP contribution in [0.4, 0.5) is 15.9 Å². The van der Waals surface area contributed by atoms with E-state index < -0.39 is 17.6 Å². The van der Waals surface area contributed by atoms with Crippen LogP contribution in [0.2, 0.25) is 0 Å².